The van der Waals surface area contributed by atoms with Crippen molar-refractivity contribution in [2.75, 3.05) is 118 Å². The van der Waals surface area contributed by atoms with Crippen LogP contribution >= 0.6 is 0 Å². The summed E-state index contributed by atoms with van der Waals surface area (Å²) < 4.78 is 17.1. The number of fused-ring (bicyclic) bond motifs is 2. The number of nitrogens with zero attached hydrogens (tertiary/aromatic N) is 10. The number of aromatic nitrogens is 5. The van der Waals surface area contributed by atoms with Crippen molar-refractivity contribution in [3.8, 4) is 0 Å². The van der Waals surface area contributed by atoms with Gasteiger partial charge in [-0.1, -0.05) is 121 Å². The average Bonchev–Trinajstić information content (AvgIpc) is 1.58. The maximum absolute atomic E-state index is 13.0. The Morgan fingerprint density at radius 3 is 1.38 bits per heavy atom. The molecule has 7 aliphatic heterocycles. The van der Waals surface area contributed by atoms with E-state index in [-0.39, 0.29) is 166 Å². The van der Waals surface area contributed by atoms with Gasteiger partial charge >= 0.3 is 74.0 Å². The molecule has 770 valence electrons. The number of benzene rings is 5. The Morgan fingerprint density at radius 1 is 0.473 bits per heavy atom. The summed E-state index contributed by atoms with van der Waals surface area (Å²) in [6.07, 6.45) is 12.9. The number of alkyl carbamates (subject to hydrolysis) is 3. The monoisotopic (exact) mass is 2000 g/mol. The Hall–Kier alpha value is -14.1. The smallest absolute Gasteiger partial charge is 0.550 e. The summed E-state index contributed by atoms with van der Waals surface area (Å²) in [6, 6.07) is 39.1. The van der Waals surface area contributed by atoms with Gasteiger partial charge in [0.1, 0.15) is 37.7 Å². The number of carboxylic acid groups (broad SMARTS) is 4. The number of aliphatic carboxylic acids is 4. The number of aryl methyl sites for hydroxylation is 2. The number of ether oxygens (including phenoxy) is 3. The normalized spacial score (nSPS) is 16.5. The standard InChI is InChI=1S/C27H31N5O6.C26H36N6O6.C24H32N6O6.C24H30N4O4.2Li/c33-24(11-10-23-29-20-8-4-5-9-21(20)30-23)32-14-12-19(13-15-32)25(34)28-16-22(26(35)36)31-27(37)38-17-18-6-2-1-3-7-18;33-22(29-16-21(24(35)36)30-26(37)38-17-18-4-2-1-3-5-18)19-6-12-31(13-7-19)23(34)20-8-14-32(15-9-20)25-27-10-11-28-25;31-21(27-15-20(22(32)33)28-24(35)36-16-18-5-2-1-3-6-18)19-7-12-30(13-8-19)23(34)26-9-4-11-29-14-10-25-17-29;29-22(30)14-21(19-13-18-3-1-2-4-20(18)26-15-19)27-23(31)16-7-11-28(12-8-16)24(32)17-5-9-25-10-6-17;;/h1-9,19,22H,10-17H2,(H,28,34)(H,29,30)(H,31,37)(H,35,36);1-5,19-21H,6-17H2,(H,27,28)(H,29,33)(H,30,37)(H,35,36);1-3,5-6,10,14,17,19-20H,4,7-9,11-13,15-16H2,(H,26,34)(H,27,31)(H,28,35)(H,32,33);1-4,13,15-17,21,25H,5-12,14H2,(H,27,31)(H,29,30);;/q;;;;2*+1/p-2/t22-;21-;20-;;;/m000.../s1. The van der Waals surface area contributed by atoms with Crippen LogP contribution in [0.2, 0.25) is 0 Å². The molecule has 13 N–H and O–H groups in total. The quantitative estimate of drug-likeness (QED) is 0.0109. The van der Waals surface area contributed by atoms with Crippen molar-refractivity contribution < 1.29 is 144 Å². The molecule has 8 aromatic rings. The summed E-state index contributed by atoms with van der Waals surface area (Å²) >= 11 is 0. The first-order valence-electron chi connectivity index (χ1n) is 49.0. The van der Waals surface area contributed by atoms with Crippen LogP contribution in [0.15, 0.2) is 176 Å². The number of pyridine rings is 1. The number of carbonyl (C=O) groups excluding carboxylic acids is 13. The van der Waals surface area contributed by atoms with Crippen molar-refractivity contribution >= 4 is 117 Å². The van der Waals surface area contributed by atoms with Gasteiger partial charge in [-0.25, -0.2) is 38.7 Å². The largest absolute Gasteiger partial charge is 1.00 e. The number of H-pyrrole nitrogens is 1. The maximum Gasteiger partial charge on any atom is 1.00 e. The molecule has 4 atom stereocenters. The molecule has 12 amide bonds. The molecule has 1 unspecified atom stereocenters. The second-order valence-corrected chi connectivity index (χ2v) is 36.2. The Kier molecular flexibility index (Phi) is 46.3. The van der Waals surface area contributed by atoms with Gasteiger partial charge in [-0.15, -0.1) is 0 Å². The SMILES string of the molecule is O=C(N[C@@H](CNC(=O)C1CCN(C(=O)C2CCN(C3=NCCN3)CC2)CC1)C(=O)O)OCc1ccccc1.O=C(N[C@@H](CNC(=O)C1CCN(C(=O)CCc2nc3ccccc3[nH]2)CC1)C(=O)O)OCc1ccccc1.O=C(N[C@@H](CNC(=O)C1CCN(C(=O)NCCCn2ccnc2)CC1)C(=O)[O-])OCc1ccccc1.O=C([O-])CC(NC(=O)C1CCN(C(=O)C2CCNCC2)CC1)c1cnc2ccccc2c1.[Li+].[Li+]. The number of carboxylic acids is 4. The van der Waals surface area contributed by atoms with Crippen LogP contribution in [-0.4, -0.2) is 291 Å². The van der Waals surface area contributed by atoms with Gasteiger partial charge in [0.25, 0.3) is 0 Å². The predicted octanol–water partition coefficient (Wildman–Crippen LogP) is -2.74. The summed E-state index contributed by atoms with van der Waals surface area (Å²) in [4.78, 5) is 213. The van der Waals surface area contributed by atoms with E-state index in [2.05, 4.69) is 83.0 Å². The Balaban J connectivity index is 0.000000199. The molecule has 45 heteroatoms. The fraction of sp³-hybridized carbons (Fsp3) is 0.475. The number of rotatable bonds is 35. The number of guanidine groups is 1. The molecule has 0 saturated carbocycles. The molecule has 146 heavy (non-hydrogen) atoms. The van der Waals surface area contributed by atoms with E-state index < -0.39 is 66.3 Å². The summed E-state index contributed by atoms with van der Waals surface area (Å²) in [5, 5.41) is 69.4. The van der Waals surface area contributed by atoms with E-state index in [1.54, 1.807) is 101 Å². The average molecular weight is 2000 g/mol. The number of piperidine rings is 6. The Bertz CT molecular complexity index is 5600. The van der Waals surface area contributed by atoms with Gasteiger partial charge in [0.2, 0.25) is 41.4 Å². The number of nitrogens with one attached hydrogen (secondary N) is 11. The van der Waals surface area contributed by atoms with Crippen molar-refractivity contribution in [2.24, 2.45) is 40.5 Å². The molecule has 0 spiro atoms. The van der Waals surface area contributed by atoms with Gasteiger partial charge in [-0.3, -0.25) is 43.5 Å². The predicted molar refractivity (Wildman–Crippen MR) is 519 cm³/mol. The second kappa shape index (κ2) is 59.3. The molecule has 6 fully saturated rings. The number of amides is 12. The summed E-state index contributed by atoms with van der Waals surface area (Å²) in [7, 11) is 0. The molecule has 5 aromatic carbocycles. The second-order valence-electron chi connectivity index (χ2n) is 36.2. The van der Waals surface area contributed by atoms with Crippen molar-refractivity contribution in [2.45, 2.75) is 153 Å². The topological polar surface area (TPSA) is 579 Å². The Morgan fingerprint density at radius 2 is 0.918 bits per heavy atom. The van der Waals surface area contributed by atoms with Gasteiger partial charge in [0, 0.05) is 189 Å². The molecule has 0 bridgehead atoms. The fourth-order valence-corrected chi connectivity index (χ4v) is 17.8. The minimum atomic E-state index is -1.54. The van der Waals surface area contributed by atoms with E-state index in [9.17, 15) is 92.3 Å². The fourth-order valence-electron chi connectivity index (χ4n) is 17.8. The van der Waals surface area contributed by atoms with E-state index in [1.807, 2.05) is 93.4 Å². The van der Waals surface area contributed by atoms with Crippen LogP contribution in [-0.2, 0) is 99.7 Å². The van der Waals surface area contributed by atoms with Crippen molar-refractivity contribution in [3.05, 3.63) is 199 Å². The number of urea groups is 1. The number of aromatic amines is 1. The molecule has 6 saturated heterocycles. The van der Waals surface area contributed by atoms with Crippen molar-refractivity contribution in [1.82, 2.24) is 102 Å². The summed E-state index contributed by atoms with van der Waals surface area (Å²) in [5.41, 5.74) is 5.54. The number of para-hydroxylation sites is 3. The number of carbonyl (C=O) groups is 15. The number of hydrogen-bond acceptors (Lipinski definition) is 27. The third kappa shape index (κ3) is 36.6. The molecular weight excluding hydrogens is 1870 g/mol. The third-order valence-corrected chi connectivity index (χ3v) is 26.2. The van der Waals surface area contributed by atoms with E-state index in [1.165, 1.54) is 0 Å². The molecular formula is C101H127Li2N21O22. The van der Waals surface area contributed by atoms with Gasteiger partial charge in [-0.05, 0) is 143 Å². The summed E-state index contributed by atoms with van der Waals surface area (Å²) in [5.74, 6) is -5.56. The molecule has 15 rings (SSSR count). The van der Waals surface area contributed by atoms with E-state index in [0.717, 1.165) is 128 Å². The van der Waals surface area contributed by atoms with E-state index >= 15 is 0 Å². The summed E-state index contributed by atoms with van der Waals surface area (Å²) in [6.45, 7) is 9.28. The van der Waals surface area contributed by atoms with Crippen molar-refractivity contribution in [1.29, 1.82) is 0 Å². The minimum absolute atomic E-state index is 0. The van der Waals surface area contributed by atoms with Gasteiger partial charge in [0.15, 0.2) is 5.96 Å². The van der Waals surface area contributed by atoms with Gasteiger partial charge < -0.3 is 131 Å². The van der Waals surface area contributed by atoms with Crippen LogP contribution in [0.25, 0.3) is 21.9 Å². The molecule has 43 nitrogen and oxygen atoms in total. The number of imidazole rings is 2. The zero-order valence-electron chi connectivity index (χ0n) is 82.3. The number of aliphatic imine (C=N–C) groups is 1. The molecule has 10 heterocycles. The van der Waals surface area contributed by atoms with E-state index in [0.29, 0.717) is 129 Å². The van der Waals surface area contributed by atoms with Crippen LogP contribution in [0.3, 0.4) is 0 Å². The molecule has 0 aliphatic carbocycles. The number of hydrogen-bond donors (Lipinski definition) is 13. The van der Waals surface area contributed by atoms with E-state index in [4.69, 9.17) is 14.2 Å². The van der Waals surface area contributed by atoms with Crippen LogP contribution < -0.4 is 101 Å². The first-order chi connectivity index (χ1) is 69.7. The third-order valence-electron chi connectivity index (χ3n) is 26.2. The van der Waals surface area contributed by atoms with Crippen LogP contribution in [0.4, 0.5) is 19.2 Å². The zero-order chi connectivity index (χ0) is 102. The van der Waals surface area contributed by atoms with Crippen LogP contribution in [0, 0.1) is 35.5 Å². The zero-order valence-corrected chi connectivity index (χ0v) is 82.3. The van der Waals surface area contributed by atoms with Crippen LogP contribution in [0.1, 0.15) is 130 Å². The van der Waals surface area contributed by atoms with Gasteiger partial charge in [-0.2, -0.15) is 0 Å². The van der Waals surface area contributed by atoms with Crippen LogP contribution in [0.5, 0.6) is 0 Å². The maximum atomic E-state index is 13.0. The molecule has 0 radical (unpaired) electrons. The molecule has 3 aromatic heterocycles. The minimum Gasteiger partial charge on any atom is -0.550 e. The Labute approximate surface area is 868 Å². The van der Waals surface area contributed by atoms with Crippen molar-refractivity contribution in [3.63, 3.8) is 0 Å². The number of likely N-dealkylation sites (tertiary alicyclic amines) is 5. The first-order valence-corrected chi connectivity index (χ1v) is 49.0. The first kappa shape index (κ1) is 114. The van der Waals surface area contributed by atoms with Gasteiger partial charge in [0.05, 0.1) is 47.5 Å². The molecule has 7 aliphatic rings.